The summed E-state index contributed by atoms with van der Waals surface area (Å²) >= 11 is 1.52. The van der Waals surface area contributed by atoms with Gasteiger partial charge in [-0.1, -0.05) is 30.3 Å². The van der Waals surface area contributed by atoms with Crippen LogP contribution in [0.4, 0.5) is 5.95 Å². The second-order valence-corrected chi connectivity index (χ2v) is 8.12. The van der Waals surface area contributed by atoms with Crippen LogP contribution < -0.4 is 10.2 Å². The summed E-state index contributed by atoms with van der Waals surface area (Å²) in [6.07, 6.45) is 2.95. The number of hydrogen-bond donors (Lipinski definition) is 1. The minimum atomic E-state index is -0.127. The molecule has 1 aromatic carbocycles. The summed E-state index contributed by atoms with van der Waals surface area (Å²) in [6, 6.07) is 8.32. The van der Waals surface area contributed by atoms with Gasteiger partial charge in [0.25, 0.3) is 0 Å². The summed E-state index contributed by atoms with van der Waals surface area (Å²) in [5, 5.41) is 12.6. The summed E-state index contributed by atoms with van der Waals surface area (Å²) in [7, 11) is 0. The topological polar surface area (TPSA) is 72.3 Å². The van der Waals surface area contributed by atoms with Gasteiger partial charge in [-0.15, -0.1) is 10.2 Å². The number of thioether (sulfide) groups is 1. The van der Waals surface area contributed by atoms with Crippen molar-refractivity contribution < 1.29 is 9.53 Å². The van der Waals surface area contributed by atoms with Gasteiger partial charge in [0, 0.05) is 19.6 Å². The molecule has 144 valence electrons. The number of aromatic nitrogens is 3. The third-order valence-corrected chi connectivity index (χ3v) is 6.11. The zero-order valence-electron chi connectivity index (χ0n) is 15.6. The Morgan fingerprint density at radius 2 is 2.07 bits per heavy atom. The Kier molecular flexibility index (Phi) is 5.63. The molecule has 0 aliphatic carbocycles. The first-order chi connectivity index (χ1) is 13.2. The summed E-state index contributed by atoms with van der Waals surface area (Å²) in [5.41, 5.74) is 2.20. The minimum absolute atomic E-state index is 0.101. The average molecular weight is 388 g/mol. The van der Waals surface area contributed by atoms with Crippen molar-refractivity contribution in [3.63, 3.8) is 0 Å². The van der Waals surface area contributed by atoms with Gasteiger partial charge in [0.2, 0.25) is 11.9 Å². The molecule has 0 bridgehead atoms. The smallest absolute Gasteiger partial charge is 0.233 e. The summed E-state index contributed by atoms with van der Waals surface area (Å²) < 4.78 is 7.57. The van der Waals surface area contributed by atoms with Gasteiger partial charge in [0.15, 0.2) is 5.16 Å². The van der Waals surface area contributed by atoms with Crippen molar-refractivity contribution in [1.29, 1.82) is 0 Å². The first-order valence-electron chi connectivity index (χ1n) is 9.52. The molecule has 1 aromatic heterocycles. The van der Waals surface area contributed by atoms with Gasteiger partial charge in [-0.05, 0) is 37.5 Å². The van der Waals surface area contributed by atoms with Gasteiger partial charge >= 0.3 is 0 Å². The fourth-order valence-corrected chi connectivity index (χ4v) is 4.56. The predicted octanol–water partition coefficient (Wildman–Crippen LogP) is 2.17. The van der Waals surface area contributed by atoms with Crippen molar-refractivity contribution in [2.45, 2.75) is 36.6 Å². The summed E-state index contributed by atoms with van der Waals surface area (Å²) in [6.45, 7) is 5.80. The van der Waals surface area contributed by atoms with Crippen LogP contribution in [0.25, 0.3) is 5.69 Å². The number of rotatable bonds is 4. The van der Waals surface area contributed by atoms with Gasteiger partial charge < -0.3 is 15.0 Å². The first kappa shape index (κ1) is 18.3. The van der Waals surface area contributed by atoms with E-state index < -0.39 is 0 Å². The van der Waals surface area contributed by atoms with Crippen LogP contribution in [0.1, 0.15) is 24.8 Å². The third-order valence-electron chi connectivity index (χ3n) is 4.90. The number of anilines is 1. The molecule has 1 N–H and O–H groups in total. The van der Waals surface area contributed by atoms with Crippen molar-refractivity contribution in [3.05, 3.63) is 29.8 Å². The molecule has 0 radical (unpaired) electrons. The largest absolute Gasteiger partial charge is 0.378 e. The maximum Gasteiger partial charge on any atom is 0.233 e. The number of morpholine rings is 1. The zero-order valence-corrected chi connectivity index (χ0v) is 16.4. The lowest BCUT2D eigenvalue weighted by Gasteiger charge is -2.28. The molecule has 0 spiro atoms. The van der Waals surface area contributed by atoms with E-state index in [0.717, 1.165) is 55.7 Å². The monoisotopic (exact) mass is 387 g/mol. The SMILES string of the molecule is Cc1cccc(-n2c(S[C@@H]3CCCCNC3=O)nnc2N2CCOCC2)c1. The second-order valence-electron chi connectivity index (χ2n) is 6.95. The van der Waals surface area contributed by atoms with Crippen LogP contribution in [0.3, 0.4) is 0 Å². The lowest BCUT2D eigenvalue weighted by Crippen LogP contribution is -2.38. The van der Waals surface area contributed by atoms with E-state index in [1.54, 1.807) is 0 Å². The van der Waals surface area contributed by atoms with Crippen LogP contribution in [0.2, 0.25) is 0 Å². The minimum Gasteiger partial charge on any atom is -0.378 e. The Morgan fingerprint density at radius 1 is 1.22 bits per heavy atom. The van der Waals surface area contributed by atoms with E-state index in [-0.39, 0.29) is 11.2 Å². The molecule has 0 saturated carbocycles. The van der Waals surface area contributed by atoms with E-state index in [4.69, 9.17) is 4.74 Å². The highest BCUT2D eigenvalue weighted by atomic mass is 32.2. The molecule has 2 aliphatic heterocycles. The highest BCUT2D eigenvalue weighted by Crippen LogP contribution is 2.32. The number of benzene rings is 1. The van der Waals surface area contributed by atoms with Crippen molar-refractivity contribution in [3.8, 4) is 5.69 Å². The molecule has 8 heteroatoms. The predicted molar refractivity (Wildman–Crippen MR) is 106 cm³/mol. The highest BCUT2D eigenvalue weighted by molar-refractivity contribution is 8.00. The van der Waals surface area contributed by atoms with Crippen LogP contribution in [0.5, 0.6) is 0 Å². The molecule has 27 heavy (non-hydrogen) atoms. The van der Waals surface area contributed by atoms with E-state index in [1.165, 1.54) is 17.3 Å². The van der Waals surface area contributed by atoms with Gasteiger partial charge in [0.05, 0.1) is 24.2 Å². The second kappa shape index (κ2) is 8.31. The van der Waals surface area contributed by atoms with Crippen LogP contribution >= 0.6 is 11.8 Å². The number of nitrogens with one attached hydrogen (secondary N) is 1. The Balaban J connectivity index is 1.70. The Morgan fingerprint density at radius 3 is 2.89 bits per heavy atom. The van der Waals surface area contributed by atoms with E-state index in [9.17, 15) is 4.79 Å². The lowest BCUT2D eigenvalue weighted by molar-refractivity contribution is -0.120. The van der Waals surface area contributed by atoms with Crippen molar-refractivity contribution in [2.24, 2.45) is 0 Å². The van der Waals surface area contributed by atoms with Gasteiger partial charge in [-0.25, -0.2) is 0 Å². The zero-order chi connectivity index (χ0) is 18.6. The van der Waals surface area contributed by atoms with Crippen LogP contribution in [-0.4, -0.2) is 58.8 Å². The standard InChI is InChI=1S/C19H25N5O2S/c1-14-5-4-6-15(13-14)24-18(23-9-11-26-12-10-23)21-22-19(24)27-16-7-2-3-8-20-17(16)25/h4-6,13,16H,2-3,7-12H2,1H3,(H,20,25)/t16-/m1/s1. The first-order valence-corrected chi connectivity index (χ1v) is 10.4. The quantitative estimate of drug-likeness (QED) is 0.867. The highest BCUT2D eigenvalue weighted by Gasteiger charge is 2.27. The van der Waals surface area contributed by atoms with Crippen LogP contribution in [0.15, 0.2) is 29.4 Å². The maximum atomic E-state index is 12.4. The molecule has 2 aliphatic rings. The van der Waals surface area contributed by atoms with Gasteiger partial charge in [-0.2, -0.15) is 0 Å². The number of carbonyl (C=O) groups is 1. The third kappa shape index (κ3) is 4.11. The van der Waals surface area contributed by atoms with E-state index in [1.807, 2.05) is 6.07 Å². The summed E-state index contributed by atoms with van der Waals surface area (Å²) in [5.74, 6) is 0.921. The fourth-order valence-electron chi connectivity index (χ4n) is 3.45. The van der Waals surface area contributed by atoms with Crippen molar-refractivity contribution in [2.75, 3.05) is 37.7 Å². The van der Waals surface area contributed by atoms with Gasteiger partial charge in [0.1, 0.15) is 0 Å². The molecule has 2 fully saturated rings. The molecule has 1 amide bonds. The molecular weight excluding hydrogens is 362 g/mol. The molecule has 0 unspecified atom stereocenters. The van der Waals surface area contributed by atoms with Crippen LogP contribution in [-0.2, 0) is 9.53 Å². The number of carbonyl (C=O) groups excluding carboxylic acids is 1. The average Bonchev–Trinajstić information content (AvgIpc) is 3.00. The molecule has 7 nitrogen and oxygen atoms in total. The lowest BCUT2D eigenvalue weighted by atomic mass is 10.2. The van der Waals surface area contributed by atoms with E-state index in [0.29, 0.717) is 13.2 Å². The maximum absolute atomic E-state index is 12.4. The molecule has 1 atom stereocenters. The molecule has 2 aromatic rings. The van der Waals surface area contributed by atoms with Crippen molar-refractivity contribution in [1.82, 2.24) is 20.1 Å². The Bertz CT molecular complexity index is 803. The number of nitrogens with zero attached hydrogens (tertiary/aromatic N) is 4. The normalized spacial score (nSPS) is 21.0. The van der Waals surface area contributed by atoms with Crippen molar-refractivity contribution >= 4 is 23.6 Å². The Hall–Kier alpha value is -2.06. The molecule has 2 saturated heterocycles. The molecule has 3 heterocycles. The molecule has 4 rings (SSSR count). The fraction of sp³-hybridized carbons (Fsp3) is 0.526. The van der Waals surface area contributed by atoms with E-state index >= 15 is 0 Å². The van der Waals surface area contributed by atoms with Gasteiger partial charge in [-0.3, -0.25) is 9.36 Å². The molecular formula is C19H25N5O2S. The van der Waals surface area contributed by atoms with E-state index in [2.05, 4.69) is 50.1 Å². The number of aryl methyl sites for hydroxylation is 1. The number of ether oxygens (including phenoxy) is 1. The summed E-state index contributed by atoms with van der Waals surface area (Å²) in [4.78, 5) is 14.6. The van der Waals surface area contributed by atoms with Crippen LogP contribution in [0, 0.1) is 6.92 Å². The number of amides is 1. The Labute approximate surface area is 163 Å². The number of hydrogen-bond acceptors (Lipinski definition) is 6.